The zero-order valence-corrected chi connectivity index (χ0v) is 15.6. The number of halogens is 2. The number of imidazole rings is 1. The van der Waals surface area contributed by atoms with Crippen molar-refractivity contribution in [3.8, 4) is 0 Å². The smallest absolute Gasteiger partial charge is 0.111 e. The quantitative estimate of drug-likeness (QED) is 0.612. The van der Waals surface area contributed by atoms with Crippen LogP contribution in [0, 0.1) is 17.8 Å². The van der Waals surface area contributed by atoms with Gasteiger partial charge in [0, 0.05) is 23.3 Å². The molecule has 0 saturated carbocycles. The molecule has 1 heterocycles. The van der Waals surface area contributed by atoms with Crippen LogP contribution in [-0.2, 0) is 13.0 Å². The predicted octanol–water partition coefficient (Wildman–Crippen LogP) is 5.51. The summed E-state index contributed by atoms with van der Waals surface area (Å²) in [5, 5.41) is 0. The van der Waals surface area contributed by atoms with Gasteiger partial charge in [0.15, 0.2) is 0 Å². The summed E-state index contributed by atoms with van der Waals surface area (Å²) in [6.07, 6.45) is 0.816. The van der Waals surface area contributed by atoms with E-state index in [0.29, 0.717) is 23.6 Å². The highest BCUT2D eigenvalue weighted by molar-refractivity contribution is 9.10. The molecule has 0 radical (unpaired) electrons. The minimum atomic E-state index is 0.610. The summed E-state index contributed by atoms with van der Waals surface area (Å²) >= 11 is 9.49. The Bertz CT molecular complexity index is 596. The molecule has 0 atom stereocenters. The van der Waals surface area contributed by atoms with Gasteiger partial charge < -0.3 is 4.57 Å². The second kappa shape index (κ2) is 7.15. The van der Waals surface area contributed by atoms with Crippen molar-refractivity contribution in [1.29, 1.82) is 0 Å². The molecule has 0 fully saturated rings. The lowest BCUT2D eigenvalue weighted by Crippen LogP contribution is -2.23. The molecular formula is C17H24BrClN2. The van der Waals surface area contributed by atoms with Crippen LogP contribution in [0.15, 0.2) is 22.7 Å². The maximum atomic E-state index is 5.97. The minimum absolute atomic E-state index is 0.610. The van der Waals surface area contributed by atoms with Gasteiger partial charge in [0.05, 0.1) is 11.0 Å². The van der Waals surface area contributed by atoms with Gasteiger partial charge in [-0.1, -0.05) is 43.6 Å². The van der Waals surface area contributed by atoms with Crippen LogP contribution < -0.4 is 0 Å². The van der Waals surface area contributed by atoms with Gasteiger partial charge in [0.2, 0.25) is 0 Å². The summed E-state index contributed by atoms with van der Waals surface area (Å²) in [6, 6.07) is 6.33. The number of alkyl halides is 1. The molecule has 0 unspecified atom stereocenters. The van der Waals surface area contributed by atoms with Gasteiger partial charge in [0.1, 0.15) is 5.82 Å². The number of hydrogen-bond acceptors (Lipinski definition) is 1. The highest BCUT2D eigenvalue weighted by Crippen LogP contribution is 2.27. The van der Waals surface area contributed by atoms with E-state index in [2.05, 4.69) is 66.4 Å². The van der Waals surface area contributed by atoms with E-state index in [1.807, 2.05) is 0 Å². The molecular weight excluding hydrogens is 348 g/mol. The van der Waals surface area contributed by atoms with Gasteiger partial charge >= 0.3 is 0 Å². The molecule has 0 N–H and O–H groups in total. The molecule has 1 aromatic carbocycles. The first kappa shape index (κ1) is 16.8. The van der Waals surface area contributed by atoms with Crippen LogP contribution in [0.5, 0.6) is 0 Å². The van der Waals surface area contributed by atoms with Crippen LogP contribution in [0.4, 0.5) is 0 Å². The van der Waals surface area contributed by atoms with Crippen molar-refractivity contribution in [2.75, 3.05) is 5.88 Å². The fourth-order valence-corrected chi connectivity index (χ4v) is 3.55. The van der Waals surface area contributed by atoms with Gasteiger partial charge in [-0.25, -0.2) is 4.98 Å². The highest BCUT2D eigenvalue weighted by Gasteiger charge is 2.21. The average Bonchev–Trinajstić information content (AvgIpc) is 2.72. The molecule has 0 aliphatic rings. The lowest BCUT2D eigenvalue weighted by atomic mass is 9.85. The SMILES string of the molecule is CC(C)C(Cn1c(CCCl)nc2cc(Br)ccc21)C(C)C. The number of aromatic nitrogens is 2. The van der Waals surface area contributed by atoms with Crippen LogP contribution in [0.25, 0.3) is 11.0 Å². The van der Waals surface area contributed by atoms with E-state index >= 15 is 0 Å². The Morgan fingerprint density at radius 1 is 1.19 bits per heavy atom. The van der Waals surface area contributed by atoms with Crippen LogP contribution in [0.2, 0.25) is 0 Å². The van der Waals surface area contributed by atoms with Crippen molar-refractivity contribution in [3.63, 3.8) is 0 Å². The molecule has 0 aliphatic carbocycles. The molecule has 1 aromatic heterocycles. The number of aryl methyl sites for hydroxylation is 1. The van der Waals surface area contributed by atoms with Crippen LogP contribution in [-0.4, -0.2) is 15.4 Å². The van der Waals surface area contributed by atoms with Gasteiger partial charge in [-0.15, -0.1) is 11.6 Å². The number of nitrogens with zero attached hydrogens (tertiary/aromatic N) is 2. The Balaban J connectivity index is 2.46. The van der Waals surface area contributed by atoms with Gasteiger partial charge in [0.25, 0.3) is 0 Å². The van der Waals surface area contributed by atoms with Crippen LogP contribution >= 0.6 is 27.5 Å². The summed E-state index contributed by atoms with van der Waals surface area (Å²) in [5.41, 5.74) is 2.26. The van der Waals surface area contributed by atoms with Gasteiger partial charge in [-0.2, -0.15) is 0 Å². The first-order chi connectivity index (χ1) is 9.93. The van der Waals surface area contributed by atoms with Crippen molar-refractivity contribution in [3.05, 3.63) is 28.5 Å². The molecule has 4 heteroatoms. The fourth-order valence-electron chi connectivity index (χ4n) is 3.03. The molecule has 2 aromatic rings. The van der Waals surface area contributed by atoms with E-state index < -0.39 is 0 Å². The fraction of sp³-hybridized carbons (Fsp3) is 0.588. The lowest BCUT2D eigenvalue weighted by Gasteiger charge is -2.26. The van der Waals surface area contributed by atoms with Gasteiger partial charge in [-0.05, 0) is 36.0 Å². The third-order valence-corrected chi connectivity index (χ3v) is 4.90. The third-order valence-electron chi connectivity index (χ3n) is 4.21. The summed E-state index contributed by atoms with van der Waals surface area (Å²) < 4.78 is 3.44. The number of hydrogen-bond donors (Lipinski definition) is 0. The third kappa shape index (κ3) is 3.81. The molecule has 0 bridgehead atoms. The minimum Gasteiger partial charge on any atom is -0.328 e. The first-order valence-corrected chi connectivity index (χ1v) is 8.97. The largest absolute Gasteiger partial charge is 0.328 e. The monoisotopic (exact) mass is 370 g/mol. The van der Waals surface area contributed by atoms with Crippen molar-refractivity contribution in [2.24, 2.45) is 17.8 Å². The Kier molecular flexibility index (Phi) is 5.73. The molecule has 0 saturated heterocycles. The maximum absolute atomic E-state index is 5.97. The zero-order valence-electron chi connectivity index (χ0n) is 13.2. The van der Waals surface area contributed by atoms with E-state index in [9.17, 15) is 0 Å². The summed E-state index contributed by atoms with van der Waals surface area (Å²) in [7, 11) is 0. The second-order valence-electron chi connectivity index (χ2n) is 6.36. The highest BCUT2D eigenvalue weighted by atomic mass is 79.9. The molecule has 116 valence electrons. The van der Waals surface area contributed by atoms with E-state index in [-0.39, 0.29) is 0 Å². The molecule has 2 rings (SSSR count). The Morgan fingerprint density at radius 2 is 1.86 bits per heavy atom. The average molecular weight is 372 g/mol. The number of fused-ring (bicyclic) bond motifs is 1. The molecule has 0 aliphatic heterocycles. The van der Waals surface area contributed by atoms with E-state index in [1.165, 1.54) is 5.52 Å². The van der Waals surface area contributed by atoms with E-state index in [4.69, 9.17) is 16.6 Å². The van der Waals surface area contributed by atoms with E-state index in [0.717, 1.165) is 28.8 Å². The van der Waals surface area contributed by atoms with E-state index in [1.54, 1.807) is 0 Å². The number of rotatable bonds is 6. The molecule has 21 heavy (non-hydrogen) atoms. The van der Waals surface area contributed by atoms with Gasteiger partial charge in [-0.3, -0.25) is 0 Å². The standard InChI is InChI=1S/C17H24BrClN2/c1-11(2)14(12(3)4)10-21-16-6-5-13(18)9-15(16)20-17(21)7-8-19/h5-6,9,11-12,14H,7-8,10H2,1-4H3. The van der Waals surface area contributed by atoms with Crippen LogP contribution in [0.3, 0.4) is 0 Å². The molecule has 0 amide bonds. The summed E-state index contributed by atoms with van der Waals surface area (Å²) in [4.78, 5) is 4.78. The Hall–Kier alpha value is -0.540. The maximum Gasteiger partial charge on any atom is 0.111 e. The molecule has 0 spiro atoms. The predicted molar refractivity (Wildman–Crippen MR) is 95.0 cm³/mol. The van der Waals surface area contributed by atoms with Crippen molar-refractivity contribution in [1.82, 2.24) is 9.55 Å². The zero-order chi connectivity index (χ0) is 15.6. The topological polar surface area (TPSA) is 17.8 Å². The lowest BCUT2D eigenvalue weighted by molar-refractivity contribution is 0.252. The van der Waals surface area contributed by atoms with Crippen molar-refractivity contribution >= 4 is 38.6 Å². The molecule has 2 nitrogen and oxygen atoms in total. The summed E-state index contributed by atoms with van der Waals surface area (Å²) in [6.45, 7) is 10.2. The summed E-state index contributed by atoms with van der Waals surface area (Å²) in [5.74, 6) is 3.66. The van der Waals surface area contributed by atoms with Crippen molar-refractivity contribution < 1.29 is 0 Å². The first-order valence-electron chi connectivity index (χ1n) is 7.64. The van der Waals surface area contributed by atoms with Crippen LogP contribution in [0.1, 0.15) is 33.5 Å². The Labute approximate surface area is 141 Å². The van der Waals surface area contributed by atoms with Crippen molar-refractivity contribution in [2.45, 2.75) is 40.7 Å². The number of benzene rings is 1. The normalized spacial score (nSPS) is 12.2. The second-order valence-corrected chi connectivity index (χ2v) is 7.66. The Morgan fingerprint density at radius 3 is 2.43 bits per heavy atom.